The van der Waals surface area contributed by atoms with Crippen LogP contribution in [-0.4, -0.2) is 12.1 Å². The summed E-state index contributed by atoms with van der Waals surface area (Å²) in [6.07, 6.45) is -2.26. The van der Waals surface area contributed by atoms with E-state index in [1.165, 1.54) is 19.2 Å². The first kappa shape index (κ1) is 14.4. The fraction of sp³-hybridized carbons (Fsp3) is 0.267. The molecule has 0 aliphatic carbocycles. The zero-order valence-corrected chi connectivity index (χ0v) is 11.2. The second kappa shape index (κ2) is 5.53. The van der Waals surface area contributed by atoms with Crippen molar-refractivity contribution in [1.29, 1.82) is 0 Å². The predicted molar refractivity (Wildman–Crippen MR) is 69.8 cm³/mol. The maximum atomic E-state index is 12.8. The summed E-state index contributed by atoms with van der Waals surface area (Å²) in [5.74, 6) is -0.164. The number of aryl methyl sites for hydroxylation is 1. The Hall–Kier alpha value is -2.04. The third-order valence-electron chi connectivity index (χ3n) is 2.93. The minimum atomic E-state index is -4.41. The van der Waals surface area contributed by atoms with Crippen LogP contribution in [0.25, 0.3) is 0 Å². The van der Waals surface area contributed by atoms with Crippen LogP contribution >= 0.6 is 0 Å². The van der Waals surface area contributed by atoms with E-state index in [0.717, 1.165) is 22.9 Å². The summed E-state index contributed by atoms with van der Waals surface area (Å²) in [5.41, 5.74) is 1.84. The lowest BCUT2D eigenvalue weighted by Gasteiger charge is -2.13. The van der Waals surface area contributed by atoms with Crippen LogP contribution in [0, 0.1) is 6.92 Å². The molecule has 0 amide bonds. The molecule has 0 atom stereocenters. The van der Waals surface area contributed by atoms with E-state index in [1.54, 1.807) is 6.20 Å². The first-order valence-corrected chi connectivity index (χ1v) is 6.06. The lowest BCUT2D eigenvalue weighted by Crippen LogP contribution is -2.08. The molecule has 5 heteroatoms. The highest BCUT2D eigenvalue weighted by Crippen LogP contribution is 2.36. The number of alkyl halides is 3. The maximum absolute atomic E-state index is 12.8. The molecule has 106 valence electrons. The van der Waals surface area contributed by atoms with E-state index in [0.29, 0.717) is 6.42 Å². The zero-order chi connectivity index (χ0) is 14.8. The van der Waals surface area contributed by atoms with Crippen LogP contribution < -0.4 is 4.74 Å². The average Bonchev–Trinajstić information content (AvgIpc) is 2.37. The van der Waals surface area contributed by atoms with Gasteiger partial charge in [0.05, 0.1) is 12.7 Å². The quantitative estimate of drug-likeness (QED) is 0.848. The molecule has 0 bridgehead atoms. The summed E-state index contributed by atoms with van der Waals surface area (Å²) in [7, 11) is 1.24. The van der Waals surface area contributed by atoms with E-state index < -0.39 is 11.7 Å². The van der Waals surface area contributed by atoms with Crippen molar-refractivity contribution in [1.82, 2.24) is 4.98 Å². The number of pyridine rings is 1. The van der Waals surface area contributed by atoms with Gasteiger partial charge in [-0.15, -0.1) is 0 Å². The molecule has 0 spiro atoms. The molecule has 2 nitrogen and oxygen atoms in total. The Morgan fingerprint density at radius 1 is 1.15 bits per heavy atom. The molecule has 0 aliphatic heterocycles. The molecule has 20 heavy (non-hydrogen) atoms. The highest BCUT2D eigenvalue weighted by Gasteiger charge is 2.34. The van der Waals surface area contributed by atoms with Gasteiger partial charge < -0.3 is 4.74 Å². The number of aromatic nitrogens is 1. The van der Waals surface area contributed by atoms with E-state index in [1.807, 2.05) is 19.1 Å². The summed E-state index contributed by atoms with van der Waals surface area (Å²) in [6, 6.07) is 7.69. The molecule has 1 aromatic carbocycles. The van der Waals surface area contributed by atoms with Crippen LogP contribution in [0.1, 0.15) is 22.4 Å². The van der Waals surface area contributed by atoms with Crippen LogP contribution in [0.15, 0.2) is 36.5 Å². The van der Waals surface area contributed by atoms with Crippen molar-refractivity contribution >= 4 is 0 Å². The number of ether oxygens (including phenoxy) is 1. The number of halogens is 3. The third-order valence-corrected chi connectivity index (χ3v) is 2.93. The monoisotopic (exact) mass is 281 g/mol. The Morgan fingerprint density at radius 2 is 1.90 bits per heavy atom. The zero-order valence-electron chi connectivity index (χ0n) is 11.2. The second-order valence-corrected chi connectivity index (χ2v) is 4.53. The lowest BCUT2D eigenvalue weighted by molar-refractivity contribution is -0.138. The molecule has 0 saturated carbocycles. The van der Waals surface area contributed by atoms with E-state index in [4.69, 9.17) is 4.74 Å². The van der Waals surface area contributed by atoms with Gasteiger partial charge in [-0.05, 0) is 42.3 Å². The van der Waals surface area contributed by atoms with Gasteiger partial charge in [-0.25, -0.2) is 0 Å². The average molecular weight is 281 g/mol. The van der Waals surface area contributed by atoms with Crippen LogP contribution in [0.2, 0.25) is 0 Å². The first-order valence-electron chi connectivity index (χ1n) is 6.06. The number of rotatable bonds is 3. The van der Waals surface area contributed by atoms with Crippen molar-refractivity contribution in [3.63, 3.8) is 0 Å². The van der Waals surface area contributed by atoms with E-state index in [9.17, 15) is 13.2 Å². The molecule has 0 N–H and O–H groups in total. The molecule has 0 unspecified atom stereocenters. The Balaban J connectivity index is 2.30. The summed E-state index contributed by atoms with van der Waals surface area (Å²) in [4.78, 5) is 4.20. The SMILES string of the molecule is COc1cc(Cc2cc(C)ccn2)ccc1C(F)(F)F. The van der Waals surface area contributed by atoms with Gasteiger partial charge in [-0.3, -0.25) is 4.98 Å². The van der Waals surface area contributed by atoms with Gasteiger partial charge in [0.1, 0.15) is 5.75 Å². The van der Waals surface area contributed by atoms with Crippen LogP contribution in [0.5, 0.6) is 5.75 Å². The highest BCUT2D eigenvalue weighted by molar-refractivity contribution is 5.40. The maximum Gasteiger partial charge on any atom is 0.419 e. The molecule has 0 saturated heterocycles. The van der Waals surface area contributed by atoms with Gasteiger partial charge in [0.15, 0.2) is 0 Å². The molecule has 1 aromatic heterocycles. The molecular weight excluding hydrogens is 267 g/mol. The second-order valence-electron chi connectivity index (χ2n) is 4.53. The number of benzene rings is 1. The van der Waals surface area contributed by atoms with Crippen molar-refractivity contribution in [2.45, 2.75) is 19.5 Å². The van der Waals surface area contributed by atoms with Crippen molar-refractivity contribution in [2.24, 2.45) is 0 Å². The number of hydrogen-bond acceptors (Lipinski definition) is 2. The Kier molecular flexibility index (Phi) is 3.97. The summed E-state index contributed by atoms with van der Waals surface area (Å²) in [5, 5.41) is 0. The molecule has 1 heterocycles. The van der Waals surface area contributed by atoms with Crippen molar-refractivity contribution < 1.29 is 17.9 Å². The minimum Gasteiger partial charge on any atom is -0.496 e. The van der Waals surface area contributed by atoms with Gasteiger partial charge in [0, 0.05) is 18.3 Å². The standard InChI is InChI=1S/C15H14F3NO/c1-10-5-6-19-12(7-10)8-11-3-4-13(15(16,17)18)14(9-11)20-2/h3-7,9H,8H2,1-2H3. The fourth-order valence-electron chi connectivity index (χ4n) is 1.98. The van der Waals surface area contributed by atoms with Gasteiger partial charge in [0.2, 0.25) is 0 Å². The summed E-state index contributed by atoms with van der Waals surface area (Å²) >= 11 is 0. The Labute approximate surface area is 115 Å². The fourth-order valence-corrected chi connectivity index (χ4v) is 1.98. The largest absolute Gasteiger partial charge is 0.496 e. The van der Waals surface area contributed by atoms with E-state index in [-0.39, 0.29) is 5.75 Å². The van der Waals surface area contributed by atoms with Gasteiger partial charge in [-0.1, -0.05) is 6.07 Å². The Bertz CT molecular complexity index is 608. The topological polar surface area (TPSA) is 22.1 Å². The molecule has 2 rings (SSSR count). The molecule has 0 fully saturated rings. The summed E-state index contributed by atoms with van der Waals surface area (Å²) < 4.78 is 43.1. The van der Waals surface area contributed by atoms with Gasteiger partial charge in [0.25, 0.3) is 0 Å². The van der Waals surface area contributed by atoms with Crippen molar-refractivity contribution in [3.8, 4) is 5.75 Å². The molecular formula is C15H14F3NO. The van der Waals surface area contributed by atoms with Gasteiger partial charge >= 0.3 is 6.18 Å². The number of methoxy groups -OCH3 is 1. The molecule has 2 aromatic rings. The van der Waals surface area contributed by atoms with E-state index >= 15 is 0 Å². The highest BCUT2D eigenvalue weighted by atomic mass is 19.4. The summed E-state index contributed by atoms with van der Waals surface area (Å²) in [6.45, 7) is 1.94. The van der Waals surface area contributed by atoms with Gasteiger partial charge in [-0.2, -0.15) is 13.2 Å². The number of hydrogen-bond donors (Lipinski definition) is 0. The predicted octanol–water partition coefficient (Wildman–Crippen LogP) is 4.01. The third kappa shape index (κ3) is 3.29. The minimum absolute atomic E-state index is 0.164. The Morgan fingerprint density at radius 3 is 2.50 bits per heavy atom. The lowest BCUT2D eigenvalue weighted by atomic mass is 10.0. The normalized spacial score (nSPS) is 11.4. The van der Waals surface area contributed by atoms with Crippen molar-refractivity contribution in [3.05, 3.63) is 58.9 Å². The first-order chi connectivity index (χ1) is 9.40. The van der Waals surface area contributed by atoms with Crippen LogP contribution in [0.4, 0.5) is 13.2 Å². The molecule has 0 radical (unpaired) electrons. The number of nitrogens with zero attached hydrogens (tertiary/aromatic N) is 1. The smallest absolute Gasteiger partial charge is 0.419 e. The van der Waals surface area contributed by atoms with Crippen LogP contribution in [0.3, 0.4) is 0 Å². The van der Waals surface area contributed by atoms with Crippen LogP contribution in [-0.2, 0) is 12.6 Å². The van der Waals surface area contributed by atoms with Crippen molar-refractivity contribution in [2.75, 3.05) is 7.11 Å². The molecule has 0 aliphatic rings. The van der Waals surface area contributed by atoms with E-state index in [2.05, 4.69) is 4.98 Å².